The number of carbonyl (C=O) groups is 2. The van der Waals surface area contributed by atoms with Crippen LogP contribution in [0.15, 0.2) is 24.3 Å². The van der Waals surface area contributed by atoms with Crippen molar-refractivity contribution in [1.82, 2.24) is 10.6 Å². The highest BCUT2D eigenvalue weighted by molar-refractivity contribution is 5.93. The van der Waals surface area contributed by atoms with Crippen LogP contribution in [0.3, 0.4) is 0 Å². The topological polar surface area (TPSA) is 84.2 Å². The molecule has 1 aromatic rings. The molecule has 1 aromatic carbocycles. The molecule has 2 amide bonds. The Morgan fingerprint density at radius 1 is 1.25 bits per heavy atom. The van der Waals surface area contributed by atoms with Crippen LogP contribution in [-0.2, 0) is 11.3 Å². The zero-order valence-corrected chi connectivity index (χ0v) is 12.1. The second-order valence-corrected chi connectivity index (χ2v) is 4.92. The minimum Gasteiger partial charge on any atom is -0.355 e. The van der Waals surface area contributed by atoms with Crippen molar-refractivity contribution in [2.45, 2.75) is 38.8 Å². The third-order valence-electron chi connectivity index (χ3n) is 3.00. The highest BCUT2D eigenvalue weighted by Gasteiger charge is 2.04. The molecule has 0 aromatic heterocycles. The van der Waals surface area contributed by atoms with Crippen molar-refractivity contribution in [2.75, 3.05) is 7.05 Å². The first kappa shape index (κ1) is 16.2. The molecule has 0 aliphatic rings. The SMILES string of the molecule is CNC(=O)c1ccc(CNC(=O)CCCC(C)N)cc1. The maximum atomic E-state index is 11.6. The lowest BCUT2D eigenvalue weighted by Gasteiger charge is -2.07. The Kier molecular flexibility index (Phi) is 6.73. The third kappa shape index (κ3) is 5.84. The van der Waals surface area contributed by atoms with Gasteiger partial charge in [0.1, 0.15) is 0 Å². The standard InChI is InChI=1S/C15H23N3O2/c1-11(16)4-3-5-14(19)18-10-12-6-8-13(9-7-12)15(20)17-2/h6-9,11H,3-5,10,16H2,1-2H3,(H,17,20)(H,18,19). The van der Waals surface area contributed by atoms with Crippen LogP contribution in [0.4, 0.5) is 0 Å². The largest absolute Gasteiger partial charge is 0.355 e. The Hall–Kier alpha value is -1.88. The van der Waals surface area contributed by atoms with Gasteiger partial charge in [-0.15, -0.1) is 0 Å². The van der Waals surface area contributed by atoms with Crippen LogP contribution in [0.1, 0.15) is 42.1 Å². The van der Waals surface area contributed by atoms with Crippen molar-refractivity contribution in [3.05, 3.63) is 35.4 Å². The molecule has 1 unspecified atom stereocenters. The summed E-state index contributed by atoms with van der Waals surface area (Å²) in [7, 11) is 1.60. The number of carbonyl (C=O) groups excluding carboxylic acids is 2. The summed E-state index contributed by atoms with van der Waals surface area (Å²) in [5, 5.41) is 5.42. The van der Waals surface area contributed by atoms with E-state index in [1.165, 1.54) is 0 Å². The monoisotopic (exact) mass is 277 g/mol. The van der Waals surface area contributed by atoms with Gasteiger partial charge in [-0.05, 0) is 37.5 Å². The molecule has 5 heteroatoms. The van der Waals surface area contributed by atoms with Crippen LogP contribution in [0.5, 0.6) is 0 Å². The van der Waals surface area contributed by atoms with Crippen molar-refractivity contribution in [1.29, 1.82) is 0 Å². The lowest BCUT2D eigenvalue weighted by Crippen LogP contribution is -2.23. The van der Waals surface area contributed by atoms with E-state index in [4.69, 9.17) is 5.73 Å². The summed E-state index contributed by atoms with van der Waals surface area (Å²) in [6, 6.07) is 7.31. The molecule has 0 heterocycles. The van der Waals surface area contributed by atoms with Crippen molar-refractivity contribution in [3.8, 4) is 0 Å². The number of hydrogen-bond acceptors (Lipinski definition) is 3. The summed E-state index contributed by atoms with van der Waals surface area (Å²) in [5.41, 5.74) is 7.21. The van der Waals surface area contributed by atoms with Gasteiger partial charge in [-0.3, -0.25) is 9.59 Å². The smallest absolute Gasteiger partial charge is 0.251 e. The first-order valence-corrected chi connectivity index (χ1v) is 6.86. The maximum absolute atomic E-state index is 11.6. The molecule has 4 N–H and O–H groups in total. The fourth-order valence-electron chi connectivity index (χ4n) is 1.79. The molecule has 0 saturated carbocycles. The summed E-state index contributed by atoms with van der Waals surface area (Å²) in [4.78, 5) is 23.0. The van der Waals surface area contributed by atoms with E-state index in [1.807, 2.05) is 19.1 Å². The Bertz CT molecular complexity index is 441. The minimum absolute atomic E-state index is 0.0287. The van der Waals surface area contributed by atoms with Gasteiger partial charge in [-0.25, -0.2) is 0 Å². The van der Waals surface area contributed by atoms with Crippen LogP contribution in [0.2, 0.25) is 0 Å². The van der Waals surface area contributed by atoms with E-state index < -0.39 is 0 Å². The van der Waals surface area contributed by atoms with Gasteiger partial charge < -0.3 is 16.4 Å². The van der Waals surface area contributed by atoms with E-state index >= 15 is 0 Å². The van der Waals surface area contributed by atoms with Crippen LogP contribution < -0.4 is 16.4 Å². The summed E-state index contributed by atoms with van der Waals surface area (Å²) < 4.78 is 0. The minimum atomic E-state index is -0.114. The third-order valence-corrected chi connectivity index (χ3v) is 3.00. The van der Waals surface area contributed by atoms with Crippen LogP contribution >= 0.6 is 0 Å². The number of nitrogens with two attached hydrogens (primary N) is 1. The zero-order chi connectivity index (χ0) is 15.0. The van der Waals surface area contributed by atoms with Gasteiger partial charge in [0.25, 0.3) is 5.91 Å². The maximum Gasteiger partial charge on any atom is 0.251 e. The summed E-state index contributed by atoms with van der Waals surface area (Å²) in [6.07, 6.45) is 2.16. The quantitative estimate of drug-likeness (QED) is 0.699. The molecular weight excluding hydrogens is 254 g/mol. The normalized spacial score (nSPS) is 11.8. The van der Waals surface area contributed by atoms with Gasteiger partial charge in [0.2, 0.25) is 5.91 Å². The Balaban J connectivity index is 2.34. The Labute approximate surface area is 119 Å². The predicted octanol–water partition coefficient (Wildman–Crippen LogP) is 1.18. The second kappa shape index (κ2) is 8.32. The first-order chi connectivity index (χ1) is 9.52. The number of rotatable bonds is 7. The molecule has 1 rings (SSSR count). The first-order valence-electron chi connectivity index (χ1n) is 6.86. The highest BCUT2D eigenvalue weighted by atomic mass is 16.2. The molecule has 0 aliphatic carbocycles. The molecule has 0 radical (unpaired) electrons. The van der Waals surface area contributed by atoms with E-state index in [0.29, 0.717) is 18.5 Å². The van der Waals surface area contributed by atoms with Crippen LogP contribution in [0.25, 0.3) is 0 Å². The van der Waals surface area contributed by atoms with E-state index in [-0.39, 0.29) is 17.9 Å². The molecule has 20 heavy (non-hydrogen) atoms. The predicted molar refractivity (Wildman–Crippen MR) is 79.2 cm³/mol. The summed E-state index contributed by atoms with van der Waals surface area (Å²) in [6.45, 7) is 2.41. The van der Waals surface area contributed by atoms with E-state index in [1.54, 1.807) is 19.2 Å². The molecule has 1 atom stereocenters. The molecule has 0 spiro atoms. The van der Waals surface area contributed by atoms with E-state index in [0.717, 1.165) is 18.4 Å². The van der Waals surface area contributed by atoms with Crippen molar-refractivity contribution >= 4 is 11.8 Å². The summed E-state index contributed by atoms with van der Waals surface area (Å²) >= 11 is 0. The second-order valence-electron chi connectivity index (χ2n) is 4.92. The molecule has 0 saturated heterocycles. The van der Waals surface area contributed by atoms with Crippen LogP contribution in [0, 0.1) is 0 Å². The molecule has 0 aliphatic heterocycles. The molecular formula is C15H23N3O2. The average molecular weight is 277 g/mol. The van der Waals surface area contributed by atoms with E-state index in [2.05, 4.69) is 10.6 Å². The molecule has 110 valence electrons. The Morgan fingerprint density at radius 2 is 1.90 bits per heavy atom. The van der Waals surface area contributed by atoms with Gasteiger partial charge in [0, 0.05) is 31.6 Å². The van der Waals surface area contributed by atoms with Crippen LogP contribution in [-0.4, -0.2) is 24.9 Å². The Morgan fingerprint density at radius 3 is 2.45 bits per heavy atom. The highest BCUT2D eigenvalue weighted by Crippen LogP contribution is 2.05. The molecule has 0 bridgehead atoms. The van der Waals surface area contributed by atoms with E-state index in [9.17, 15) is 9.59 Å². The lowest BCUT2D eigenvalue weighted by atomic mass is 10.1. The van der Waals surface area contributed by atoms with Gasteiger partial charge in [-0.2, -0.15) is 0 Å². The number of amides is 2. The zero-order valence-electron chi connectivity index (χ0n) is 12.1. The van der Waals surface area contributed by atoms with Gasteiger partial charge in [0.05, 0.1) is 0 Å². The lowest BCUT2D eigenvalue weighted by molar-refractivity contribution is -0.121. The van der Waals surface area contributed by atoms with Crippen molar-refractivity contribution in [3.63, 3.8) is 0 Å². The van der Waals surface area contributed by atoms with Gasteiger partial charge in [-0.1, -0.05) is 12.1 Å². The number of benzene rings is 1. The number of nitrogens with one attached hydrogen (secondary N) is 2. The molecule has 0 fully saturated rings. The average Bonchev–Trinajstić information content (AvgIpc) is 2.44. The fourth-order valence-corrected chi connectivity index (χ4v) is 1.79. The van der Waals surface area contributed by atoms with Crippen molar-refractivity contribution in [2.24, 2.45) is 5.73 Å². The fraction of sp³-hybridized carbons (Fsp3) is 0.467. The van der Waals surface area contributed by atoms with Gasteiger partial charge >= 0.3 is 0 Å². The van der Waals surface area contributed by atoms with Gasteiger partial charge in [0.15, 0.2) is 0 Å². The van der Waals surface area contributed by atoms with Crippen molar-refractivity contribution < 1.29 is 9.59 Å². The summed E-state index contributed by atoms with van der Waals surface area (Å²) in [5.74, 6) is -0.0856. The number of hydrogen-bond donors (Lipinski definition) is 3. The molecule has 5 nitrogen and oxygen atoms in total.